The maximum Gasteiger partial charge on any atom is 0.0632 e. The quantitative estimate of drug-likeness (QED) is 0.779. The molecule has 4 heteroatoms. The number of aromatic nitrogens is 2. The van der Waals surface area contributed by atoms with Gasteiger partial charge in [-0.1, -0.05) is 0 Å². The largest absolute Gasteiger partial charge is 0.330 e. The molecule has 3 nitrogen and oxygen atoms in total. The van der Waals surface area contributed by atoms with Crippen LogP contribution in [-0.4, -0.2) is 16.7 Å². The van der Waals surface area contributed by atoms with Gasteiger partial charge in [-0.05, 0) is 28.8 Å². The van der Waals surface area contributed by atoms with Crippen molar-refractivity contribution in [2.24, 2.45) is 5.73 Å². The van der Waals surface area contributed by atoms with E-state index in [-0.39, 0.29) is 5.41 Å². The van der Waals surface area contributed by atoms with Crippen molar-refractivity contribution in [2.45, 2.75) is 18.3 Å². The third-order valence-corrected chi connectivity index (χ3v) is 2.97. The van der Waals surface area contributed by atoms with Crippen LogP contribution >= 0.6 is 15.9 Å². The minimum Gasteiger partial charge on any atom is -0.330 e. The molecular weight excluding hydrogens is 206 g/mol. The highest BCUT2D eigenvalue weighted by Crippen LogP contribution is 2.48. The highest BCUT2D eigenvalue weighted by atomic mass is 79.9. The van der Waals surface area contributed by atoms with Crippen LogP contribution in [0.1, 0.15) is 18.5 Å². The van der Waals surface area contributed by atoms with Gasteiger partial charge in [0.2, 0.25) is 0 Å². The van der Waals surface area contributed by atoms with Crippen molar-refractivity contribution in [2.75, 3.05) is 6.54 Å². The number of nitrogens with one attached hydrogen (secondary N) is 1. The molecule has 0 unspecified atom stereocenters. The predicted molar refractivity (Wildman–Crippen MR) is 46.3 cm³/mol. The number of hydrogen-bond donors (Lipinski definition) is 2. The van der Waals surface area contributed by atoms with Gasteiger partial charge < -0.3 is 5.73 Å². The van der Waals surface area contributed by atoms with Crippen molar-refractivity contribution in [3.05, 3.63) is 16.4 Å². The molecule has 0 saturated heterocycles. The number of rotatable bonds is 2. The molecule has 2 rings (SSSR count). The van der Waals surface area contributed by atoms with E-state index in [1.54, 1.807) is 6.20 Å². The van der Waals surface area contributed by atoms with Gasteiger partial charge in [0, 0.05) is 12.0 Å². The minimum absolute atomic E-state index is 0.218. The smallest absolute Gasteiger partial charge is 0.0632 e. The van der Waals surface area contributed by atoms with Crippen LogP contribution in [0.5, 0.6) is 0 Å². The third-order valence-electron chi connectivity index (χ3n) is 2.37. The summed E-state index contributed by atoms with van der Waals surface area (Å²) in [7, 11) is 0. The Labute approximate surface area is 73.5 Å². The maximum atomic E-state index is 5.66. The van der Waals surface area contributed by atoms with E-state index in [9.17, 15) is 0 Å². The molecule has 0 aromatic carbocycles. The molecule has 1 heterocycles. The van der Waals surface area contributed by atoms with Gasteiger partial charge in [0.15, 0.2) is 0 Å². The summed E-state index contributed by atoms with van der Waals surface area (Å²) in [5, 5.41) is 6.93. The van der Waals surface area contributed by atoms with Crippen LogP contribution in [0.3, 0.4) is 0 Å². The Hall–Kier alpha value is -0.350. The SMILES string of the molecule is NCC1(c2[nH]ncc2Br)CC1. The number of H-pyrrole nitrogens is 1. The summed E-state index contributed by atoms with van der Waals surface area (Å²) in [6, 6.07) is 0. The van der Waals surface area contributed by atoms with Crippen molar-refractivity contribution in [3.63, 3.8) is 0 Å². The van der Waals surface area contributed by atoms with Crippen molar-refractivity contribution in [1.29, 1.82) is 0 Å². The van der Waals surface area contributed by atoms with E-state index in [1.165, 1.54) is 18.5 Å². The minimum atomic E-state index is 0.218. The molecule has 1 fully saturated rings. The Bertz CT molecular complexity index is 264. The molecule has 1 aromatic rings. The second-order valence-corrected chi connectivity index (χ2v) is 3.93. The molecule has 1 aliphatic rings. The fourth-order valence-corrected chi connectivity index (χ4v) is 1.96. The van der Waals surface area contributed by atoms with Crippen LogP contribution < -0.4 is 5.73 Å². The van der Waals surface area contributed by atoms with E-state index in [1.807, 2.05) is 0 Å². The predicted octanol–water partition coefficient (Wildman–Crippen LogP) is 1.16. The van der Waals surface area contributed by atoms with Gasteiger partial charge in [-0.15, -0.1) is 0 Å². The fraction of sp³-hybridized carbons (Fsp3) is 0.571. The first-order valence-electron chi connectivity index (χ1n) is 3.68. The molecule has 0 amide bonds. The van der Waals surface area contributed by atoms with Gasteiger partial charge in [0.1, 0.15) is 0 Å². The molecular formula is C7H10BrN3. The zero-order valence-electron chi connectivity index (χ0n) is 6.10. The lowest BCUT2D eigenvalue weighted by atomic mass is 10.0. The average Bonchev–Trinajstić information content (AvgIpc) is 2.70. The van der Waals surface area contributed by atoms with Crippen LogP contribution in [0.25, 0.3) is 0 Å². The van der Waals surface area contributed by atoms with Gasteiger partial charge in [-0.25, -0.2) is 0 Å². The molecule has 0 aliphatic heterocycles. The number of aromatic amines is 1. The average molecular weight is 216 g/mol. The van der Waals surface area contributed by atoms with Crippen molar-refractivity contribution >= 4 is 15.9 Å². The molecule has 11 heavy (non-hydrogen) atoms. The Morgan fingerprint density at radius 3 is 2.82 bits per heavy atom. The number of nitrogens with two attached hydrogens (primary N) is 1. The summed E-state index contributed by atoms with van der Waals surface area (Å²) in [6.07, 6.45) is 4.15. The Morgan fingerprint density at radius 1 is 1.73 bits per heavy atom. The normalized spacial score (nSPS) is 20.2. The van der Waals surface area contributed by atoms with Crippen LogP contribution in [0.2, 0.25) is 0 Å². The van der Waals surface area contributed by atoms with Crippen molar-refractivity contribution < 1.29 is 0 Å². The summed E-state index contributed by atoms with van der Waals surface area (Å²) in [6.45, 7) is 0.716. The van der Waals surface area contributed by atoms with Crippen LogP contribution in [0.4, 0.5) is 0 Å². The van der Waals surface area contributed by atoms with Crippen molar-refractivity contribution in [3.8, 4) is 0 Å². The van der Waals surface area contributed by atoms with Gasteiger partial charge >= 0.3 is 0 Å². The lowest BCUT2D eigenvalue weighted by Crippen LogP contribution is -2.20. The zero-order valence-corrected chi connectivity index (χ0v) is 7.69. The van der Waals surface area contributed by atoms with Crippen LogP contribution in [0.15, 0.2) is 10.7 Å². The number of hydrogen-bond acceptors (Lipinski definition) is 2. The second kappa shape index (κ2) is 2.32. The van der Waals surface area contributed by atoms with E-state index in [2.05, 4.69) is 26.1 Å². The molecule has 0 atom stereocenters. The van der Waals surface area contributed by atoms with E-state index in [0.29, 0.717) is 6.54 Å². The first kappa shape index (κ1) is 7.31. The standard InChI is InChI=1S/C7H10BrN3/c8-5-3-10-11-6(5)7(4-9)1-2-7/h3H,1-2,4,9H2,(H,10,11). The monoisotopic (exact) mass is 215 g/mol. The van der Waals surface area contributed by atoms with Crippen LogP contribution in [0, 0.1) is 0 Å². The number of halogens is 1. The van der Waals surface area contributed by atoms with E-state index in [0.717, 1.165) is 4.47 Å². The number of nitrogens with zero attached hydrogens (tertiary/aromatic N) is 1. The van der Waals surface area contributed by atoms with Crippen molar-refractivity contribution in [1.82, 2.24) is 10.2 Å². The highest BCUT2D eigenvalue weighted by Gasteiger charge is 2.45. The molecule has 1 saturated carbocycles. The lowest BCUT2D eigenvalue weighted by molar-refractivity contribution is 0.671. The molecule has 3 N–H and O–H groups in total. The zero-order chi connectivity index (χ0) is 7.90. The van der Waals surface area contributed by atoms with Gasteiger partial charge in [-0.3, -0.25) is 5.10 Å². The highest BCUT2D eigenvalue weighted by molar-refractivity contribution is 9.10. The Balaban J connectivity index is 2.35. The fourth-order valence-electron chi connectivity index (χ4n) is 1.35. The summed E-state index contributed by atoms with van der Waals surface area (Å²) < 4.78 is 1.06. The Kier molecular flexibility index (Phi) is 1.54. The summed E-state index contributed by atoms with van der Waals surface area (Å²) in [5.74, 6) is 0. The molecule has 1 aromatic heterocycles. The molecule has 0 spiro atoms. The second-order valence-electron chi connectivity index (χ2n) is 3.08. The third kappa shape index (κ3) is 1.01. The van der Waals surface area contributed by atoms with Gasteiger partial charge in [0.05, 0.1) is 16.4 Å². The Morgan fingerprint density at radius 2 is 2.45 bits per heavy atom. The van der Waals surface area contributed by atoms with Crippen LogP contribution in [-0.2, 0) is 5.41 Å². The summed E-state index contributed by atoms with van der Waals surface area (Å²) in [5.41, 5.74) is 7.04. The van der Waals surface area contributed by atoms with E-state index < -0.39 is 0 Å². The van der Waals surface area contributed by atoms with E-state index in [4.69, 9.17) is 5.73 Å². The molecule has 0 radical (unpaired) electrons. The lowest BCUT2D eigenvalue weighted by Gasteiger charge is -2.09. The summed E-state index contributed by atoms with van der Waals surface area (Å²) in [4.78, 5) is 0. The molecule has 60 valence electrons. The maximum absolute atomic E-state index is 5.66. The topological polar surface area (TPSA) is 54.7 Å². The first-order chi connectivity index (χ1) is 5.28. The molecule has 1 aliphatic carbocycles. The summed E-state index contributed by atoms with van der Waals surface area (Å²) >= 11 is 3.43. The molecule has 0 bridgehead atoms. The van der Waals surface area contributed by atoms with Gasteiger partial charge in [0.25, 0.3) is 0 Å². The van der Waals surface area contributed by atoms with Gasteiger partial charge in [-0.2, -0.15) is 5.10 Å². The first-order valence-corrected chi connectivity index (χ1v) is 4.47. The van der Waals surface area contributed by atoms with E-state index >= 15 is 0 Å².